The fraction of sp³-hybridized carbons (Fsp3) is 0.444. The Morgan fingerprint density at radius 3 is 3.15 bits per heavy atom. The third kappa shape index (κ3) is 1.64. The summed E-state index contributed by atoms with van der Waals surface area (Å²) in [4.78, 5) is 4.27. The Kier molecular flexibility index (Phi) is 2.16. The summed E-state index contributed by atoms with van der Waals surface area (Å²) in [6.45, 7) is 1.71. The monoisotopic (exact) mass is 178 g/mol. The van der Waals surface area contributed by atoms with E-state index < -0.39 is 0 Å². The minimum absolute atomic E-state index is 0.112. The van der Waals surface area contributed by atoms with Gasteiger partial charge in [-0.3, -0.25) is 0 Å². The van der Waals surface area contributed by atoms with Crippen molar-refractivity contribution in [2.24, 2.45) is 12.8 Å². The van der Waals surface area contributed by atoms with E-state index in [2.05, 4.69) is 16.4 Å². The van der Waals surface area contributed by atoms with Gasteiger partial charge >= 0.3 is 0 Å². The van der Waals surface area contributed by atoms with Gasteiger partial charge in [-0.1, -0.05) is 6.08 Å². The number of nitrogens with zero attached hydrogens (tertiary/aromatic N) is 2. The van der Waals surface area contributed by atoms with Crippen LogP contribution in [0.15, 0.2) is 18.5 Å². The molecule has 1 aliphatic heterocycles. The van der Waals surface area contributed by atoms with Crippen molar-refractivity contribution in [1.29, 1.82) is 0 Å². The highest BCUT2D eigenvalue weighted by Gasteiger charge is 2.13. The van der Waals surface area contributed by atoms with E-state index in [9.17, 15) is 0 Å². The van der Waals surface area contributed by atoms with Crippen molar-refractivity contribution in [3.05, 3.63) is 24.3 Å². The maximum absolute atomic E-state index is 5.81. The van der Waals surface area contributed by atoms with Crippen molar-refractivity contribution in [1.82, 2.24) is 14.9 Å². The Morgan fingerprint density at radius 1 is 1.69 bits per heavy atom. The molecule has 1 aliphatic rings. The van der Waals surface area contributed by atoms with Crippen LogP contribution in [0.3, 0.4) is 0 Å². The van der Waals surface area contributed by atoms with Crippen molar-refractivity contribution < 1.29 is 0 Å². The van der Waals surface area contributed by atoms with Gasteiger partial charge in [0.1, 0.15) is 5.82 Å². The van der Waals surface area contributed by atoms with E-state index in [4.69, 9.17) is 5.73 Å². The first-order valence-electron chi connectivity index (χ1n) is 4.42. The lowest BCUT2D eigenvalue weighted by Gasteiger charge is -2.18. The Balaban J connectivity index is 2.30. The number of hydrogen-bond acceptors (Lipinski definition) is 3. The molecule has 0 spiro atoms. The Labute approximate surface area is 77.5 Å². The van der Waals surface area contributed by atoms with E-state index in [1.54, 1.807) is 6.20 Å². The van der Waals surface area contributed by atoms with Crippen LogP contribution in [0.2, 0.25) is 0 Å². The van der Waals surface area contributed by atoms with Crippen molar-refractivity contribution in [3.63, 3.8) is 0 Å². The number of hydrogen-bond donors (Lipinski definition) is 2. The predicted octanol–water partition coefficient (Wildman–Crippen LogP) is -0.266. The maximum atomic E-state index is 5.81. The molecule has 1 atom stereocenters. The van der Waals surface area contributed by atoms with Gasteiger partial charge in [-0.05, 0) is 0 Å². The van der Waals surface area contributed by atoms with Gasteiger partial charge in [0, 0.05) is 44.1 Å². The van der Waals surface area contributed by atoms with Gasteiger partial charge in [0.25, 0.3) is 0 Å². The number of aromatic nitrogens is 2. The van der Waals surface area contributed by atoms with Gasteiger partial charge in [0.15, 0.2) is 0 Å². The highest BCUT2D eigenvalue weighted by Crippen LogP contribution is 2.13. The van der Waals surface area contributed by atoms with Gasteiger partial charge < -0.3 is 15.6 Å². The van der Waals surface area contributed by atoms with Crippen LogP contribution in [0, 0.1) is 0 Å². The molecule has 0 saturated heterocycles. The van der Waals surface area contributed by atoms with Crippen LogP contribution < -0.4 is 11.1 Å². The molecule has 0 radical (unpaired) electrons. The molecule has 0 saturated carbocycles. The molecule has 1 aromatic rings. The van der Waals surface area contributed by atoms with Gasteiger partial charge in [0.2, 0.25) is 0 Å². The number of imidazole rings is 1. The summed E-state index contributed by atoms with van der Waals surface area (Å²) < 4.78 is 2.01. The summed E-state index contributed by atoms with van der Waals surface area (Å²) in [7, 11) is 1.99. The first-order chi connectivity index (χ1) is 6.27. The summed E-state index contributed by atoms with van der Waals surface area (Å²) in [5.74, 6) is 1.00. The molecule has 0 aliphatic carbocycles. The van der Waals surface area contributed by atoms with Crippen LogP contribution in [0.25, 0.3) is 5.57 Å². The van der Waals surface area contributed by atoms with Crippen LogP contribution in [0.1, 0.15) is 5.82 Å². The second-order valence-electron chi connectivity index (χ2n) is 3.35. The molecule has 2 rings (SSSR count). The number of nitrogens with two attached hydrogens (primary N) is 1. The molecule has 1 unspecified atom stereocenters. The van der Waals surface area contributed by atoms with Crippen molar-refractivity contribution >= 4 is 5.57 Å². The normalized spacial score (nSPS) is 22.9. The third-order valence-corrected chi connectivity index (χ3v) is 2.22. The maximum Gasteiger partial charge on any atom is 0.136 e. The van der Waals surface area contributed by atoms with Gasteiger partial charge in [0.05, 0.1) is 0 Å². The lowest BCUT2D eigenvalue weighted by molar-refractivity contribution is 0.657. The molecule has 0 fully saturated rings. The molecule has 0 bridgehead atoms. The summed E-state index contributed by atoms with van der Waals surface area (Å²) >= 11 is 0. The summed E-state index contributed by atoms with van der Waals surface area (Å²) in [6, 6.07) is 0.112. The predicted molar refractivity (Wildman–Crippen MR) is 52.0 cm³/mol. The summed E-state index contributed by atoms with van der Waals surface area (Å²) in [5.41, 5.74) is 6.99. The highest BCUT2D eigenvalue weighted by molar-refractivity contribution is 5.63. The van der Waals surface area contributed by atoms with E-state index >= 15 is 0 Å². The quantitative estimate of drug-likeness (QED) is 0.622. The van der Waals surface area contributed by atoms with Crippen LogP contribution in [-0.4, -0.2) is 28.7 Å². The minimum atomic E-state index is 0.112. The topological polar surface area (TPSA) is 55.9 Å². The number of aryl methyl sites for hydroxylation is 1. The summed E-state index contributed by atoms with van der Waals surface area (Å²) in [5, 5.41) is 3.25. The second kappa shape index (κ2) is 3.32. The first-order valence-corrected chi connectivity index (χ1v) is 4.42. The molecule has 4 nitrogen and oxygen atoms in total. The van der Waals surface area contributed by atoms with E-state index in [-0.39, 0.29) is 6.04 Å². The van der Waals surface area contributed by atoms with Crippen LogP contribution >= 0.6 is 0 Å². The molecule has 13 heavy (non-hydrogen) atoms. The van der Waals surface area contributed by atoms with Crippen molar-refractivity contribution in [3.8, 4) is 0 Å². The molecule has 1 aromatic heterocycles. The largest absolute Gasteiger partial charge is 0.334 e. The Morgan fingerprint density at radius 2 is 2.54 bits per heavy atom. The molecule has 3 N–H and O–H groups in total. The average molecular weight is 178 g/mol. The third-order valence-electron chi connectivity index (χ3n) is 2.22. The summed E-state index contributed by atoms with van der Waals surface area (Å²) in [6.07, 6.45) is 5.82. The number of nitrogens with one attached hydrogen (secondary N) is 1. The molecule has 70 valence electrons. The van der Waals surface area contributed by atoms with E-state index in [1.165, 1.54) is 5.57 Å². The van der Waals surface area contributed by atoms with E-state index in [1.807, 2.05) is 17.8 Å². The zero-order chi connectivity index (χ0) is 9.26. The fourth-order valence-corrected chi connectivity index (χ4v) is 1.58. The lowest BCUT2D eigenvalue weighted by atomic mass is 10.1. The van der Waals surface area contributed by atoms with Crippen LogP contribution in [0.5, 0.6) is 0 Å². The molecule has 0 aromatic carbocycles. The smallest absolute Gasteiger partial charge is 0.136 e. The molecular weight excluding hydrogens is 164 g/mol. The van der Waals surface area contributed by atoms with Gasteiger partial charge in [-0.15, -0.1) is 0 Å². The SMILES string of the molecule is Cn1ccnc1C1=CC(N)CNC1. The average Bonchev–Trinajstić information content (AvgIpc) is 2.51. The van der Waals surface area contributed by atoms with Crippen LogP contribution in [-0.2, 0) is 7.05 Å². The van der Waals surface area contributed by atoms with E-state index in [0.29, 0.717) is 0 Å². The van der Waals surface area contributed by atoms with Crippen molar-refractivity contribution in [2.75, 3.05) is 13.1 Å². The van der Waals surface area contributed by atoms with Crippen molar-refractivity contribution in [2.45, 2.75) is 6.04 Å². The van der Waals surface area contributed by atoms with Gasteiger partial charge in [-0.25, -0.2) is 4.98 Å². The highest BCUT2D eigenvalue weighted by atomic mass is 15.0. The second-order valence-corrected chi connectivity index (χ2v) is 3.35. The first kappa shape index (κ1) is 8.47. The fourth-order valence-electron chi connectivity index (χ4n) is 1.58. The number of rotatable bonds is 1. The Hall–Kier alpha value is -1.13. The Bertz CT molecular complexity index is 326. The molecule has 2 heterocycles. The lowest BCUT2D eigenvalue weighted by Crippen LogP contribution is -2.37. The zero-order valence-corrected chi connectivity index (χ0v) is 7.70. The molecule has 0 amide bonds. The van der Waals surface area contributed by atoms with Crippen LogP contribution in [0.4, 0.5) is 0 Å². The standard InChI is InChI=1S/C9H14N4/c1-13-3-2-12-9(13)7-4-8(10)6-11-5-7/h2-4,8,11H,5-6,10H2,1H3. The minimum Gasteiger partial charge on any atom is -0.334 e. The zero-order valence-electron chi connectivity index (χ0n) is 7.70. The van der Waals surface area contributed by atoms with E-state index in [0.717, 1.165) is 18.9 Å². The molecular formula is C9H14N4. The molecule has 4 heteroatoms. The van der Waals surface area contributed by atoms with Gasteiger partial charge in [-0.2, -0.15) is 0 Å².